The van der Waals surface area contributed by atoms with Crippen LogP contribution < -0.4 is 0 Å². The van der Waals surface area contributed by atoms with Crippen LogP contribution in [0, 0.1) is 11.3 Å². The van der Waals surface area contributed by atoms with Crippen LogP contribution >= 0.6 is 0 Å². The Labute approximate surface area is 115 Å². The lowest BCUT2D eigenvalue weighted by Crippen LogP contribution is -2.46. The molecule has 0 aliphatic heterocycles. The van der Waals surface area contributed by atoms with Crippen molar-refractivity contribution in [2.24, 2.45) is 11.3 Å². The molecule has 0 heterocycles. The van der Waals surface area contributed by atoms with Gasteiger partial charge in [0.05, 0.1) is 0 Å². The third kappa shape index (κ3) is 3.18. The predicted molar refractivity (Wildman–Crippen MR) is 74.0 cm³/mol. The number of carbonyl (C=O) groups is 2. The number of hydrogen-bond acceptors (Lipinski definition) is 2. The topological polar surface area (TPSA) is 54.4 Å². The van der Waals surface area contributed by atoms with Crippen molar-refractivity contribution in [3.63, 3.8) is 0 Å². The first-order valence-corrected chi connectivity index (χ1v) is 7.94. The van der Waals surface area contributed by atoms with Crippen molar-refractivity contribution in [2.45, 2.75) is 77.0 Å². The van der Waals surface area contributed by atoms with Gasteiger partial charge in [-0.25, -0.2) is 0 Å². The molecule has 108 valence electrons. The summed E-state index contributed by atoms with van der Waals surface area (Å²) in [5, 5.41) is 9.59. The van der Waals surface area contributed by atoms with E-state index < -0.39 is 11.4 Å². The first kappa shape index (κ1) is 14.5. The number of carbonyl (C=O) groups excluding carboxylic acids is 1. The molecule has 19 heavy (non-hydrogen) atoms. The van der Waals surface area contributed by atoms with Crippen molar-refractivity contribution in [3.8, 4) is 0 Å². The van der Waals surface area contributed by atoms with Gasteiger partial charge in [0.15, 0.2) is 5.78 Å². The number of rotatable bonds is 1. The van der Waals surface area contributed by atoms with Crippen molar-refractivity contribution in [2.75, 3.05) is 0 Å². The van der Waals surface area contributed by atoms with E-state index in [1.807, 2.05) is 0 Å². The fourth-order valence-electron chi connectivity index (χ4n) is 3.84. The van der Waals surface area contributed by atoms with Crippen molar-refractivity contribution in [1.82, 2.24) is 0 Å². The summed E-state index contributed by atoms with van der Waals surface area (Å²) in [7, 11) is 0. The summed E-state index contributed by atoms with van der Waals surface area (Å²) in [5.41, 5.74) is -1.04. The lowest BCUT2D eigenvalue weighted by molar-refractivity contribution is -0.160. The van der Waals surface area contributed by atoms with E-state index >= 15 is 0 Å². The highest BCUT2D eigenvalue weighted by molar-refractivity contribution is 6.04. The number of hydrogen-bond donors (Lipinski definition) is 1. The summed E-state index contributed by atoms with van der Waals surface area (Å²) < 4.78 is 0. The van der Waals surface area contributed by atoms with E-state index in [1.165, 1.54) is 25.7 Å². The standard InChI is InChI=1S/C16H26O3/c17-14-13-9-6-4-2-1-3-5-7-11-16(14,15(18)19)12-8-10-13/h13H,1-12H2,(H,18,19)/t13-,16+/m1/s1. The van der Waals surface area contributed by atoms with Crippen molar-refractivity contribution in [3.05, 3.63) is 0 Å². The molecular formula is C16H26O3. The number of ketones is 1. The zero-order valence-corrected chi connectivity index (χ0v) is 11.8. The quantitative estimate of drug-likeness (QED) is 0.731. The molecule has 0 aromatic carbocycles. The molecule has 0 spiro atoms. The van der Waals surface area contributed by atoms with Gasteiger partial charge in [-0.2, -0.15) is 0 Å². The highest BCUT2D eigenvalue weighted by Crippen LogP contribution is 2.42. The minimum atomic E-state index is -1.04. The summed E-state index contributed by atoms with van der Waals surface area (Å²) in [6, 6.07) is 0. The molecule has 2 rings (SSSR count). The second kappa shape index (κ2) is 6.53. The Morgan fingerprint density at radius 2 is 1.42 bits per heavy atom. The molecule has 1 N–H and O–H groups in total. The fraction of sp³-hybridized carbons (Fsp3) is 0.875. The number of fused-ring (bicyclic) bond motifs is 2. The predicted octanol–water partition coefficient (Wildman–Crippen LogP) is 3.95. The second-order valence-corrected chi connectivity index (χ2v) is 6.35. The lowest BCUT2D eigenvalue weighted by Gasteiger charge is -2.36. The molecule has 2 atom stereocenters. The molecule has 2 bridgehead atoms. The zero-order chi connectivity index (χ0) is 13.7. The van der Waals surface area contributed by atoms with E-state index in [0.717, 1.165) is 38.5 Å². The SMILES string of the molecule is O=C(O)[C@@]12CCCCCCCCC[C@H](CCC1)C2=O. The third-order valence-corrected chi connectivity index (χ3v) is 5.06. The Morgan fingerprint density at radius 1 is 0.895 bits per heavy atom. The van der Waals surface area contributed by atoms with E-state index in [4.69, 9.17) is 0 Å². The molecule has 0 aromatic heterocycles. The van der Waals surface area contributed by atoms with E-state index in [2.05, 4.69) is 0 Å². The number of carboxylic acids is 1. The van der Waals surface area contributed by atoms with Crippen LogP contribution in [0.1, 0.15) is 77.0 Å². The number of carboxylic acid groups (broad SMARTS) is 1. The van der Waals surface area contributed by atoms with Gasteiger partial charge in [-0.15, -0.1) is 0 Å². The van der Waals surface area contributed by atoms with Gasteiger partial charge >= 0.3 is 5.97 Å². The maximum absolute atomic E-state index is 12.6. The summed E-state index contributed by atoms with van der Waals surface area (Å²) in [4.78, 5) is 24.3. The third-order valence-electron chi connectivity index (χ3n) is 5.06. The monoisotopic (exact) mass is 266 g/mol. The van der Waals surface area contributed by atoms with E-state index in [1.54, 1.807) is 0 Å². The molecule has 0 saturated heterocycles. The van der Waals surface area contributed by atoms with Crippen molar-refractivity contribution >= 4 is 11.8 Å². The minimum absolute atomic E-state index is 0.0178. The van der Waals surface area contributed by atoms with E-state index in [9.17, 15) is 14.7 Å². The van der Waals surface area contributed by atoms with Crippen LogP contribution in [-0.2, 0) is 9.59 Å². The highest BCUT2D eigenvalue weighted by Gasteiger charge is 2.49. The first-order chi connectivity index (χ1) is 9.17. The van der Waals surface area contributed by atoms with Crippen LogP contribution in [0.5, 0.6) is 0 Å². The summed E-state index contributed by atoms with van der Waals surface area (Å²) in [6.07, 6.45) is 11.8. The number of Topliss-reactive ketones (excluding diaryl/α,β-unsaturated/α-hetero) is 1. The molecule has 2 saturated carbocycles. The van der Waals surface area contributed by atoms with Gasteiger partial charge in [-0.3, -0.25) is 9.59 Å². The molecule has 3 nitrogen and oxygen atoms in total. The fourth-order valence-corrected chi connectivity index (χ4v) is 3.84. The summed E-state index contributed by atoms with van der Waals surface area (Å²) in [5.74, 6) is -0.796. The lowest BCUT2D eigenvalue weighted by atomic mass is 9.65. The van der Waals surface area contributed by atoms with Crippen LogP contribution in [0.15, 0.2) is 0 Å². The normalized spacial score (nSPS) is 34.1. The van der Waals surface area contributed by atoms with Gasteiger partial charge in [0.2, 0.25) is 0 Å². The van der Waals surface area contributed by atoms with Gasteiger partial charge < -0.3 is 5.11 Å². The Kier molecular flexibility index (Phi) is 5.00. The average Bonchev–Trinajstić information content (AvgIpc) is 2.39. The minimum Gasteiger partial charge on any atom is -0.480 e. The number of aliphatic carboxylic acids is 1. The van der Waals surface area contributed by atoms with Crippen molar-refractivity contribution in [1.29, 1.82) is 0 Å². The van der Waals surface area contributed by atoms with E-state index in [-0.39, 0.29) is 11.7 Å². The van der Waals surface area contributed by atoms with Gasteiger partial charge in [0.1, 0.15) is 5.41 Å². The maximum Gasteiger partial charge on any atom is 0.317 e. The maximum atomic E-state index is 12.6. The van der Waals surface area contributed by atoms with Gasteiger partial charge in [0, 0.05) is 5.92 Å². The van der Waals surface area contributed by atoms with Crippen LogP contribution in [-0.4, -0.2) is 16.9 Å². The Morgan fingerprint density at radius 3 is 2.11 bits per heavy atom. The zero-order valence-electron chi connectivity index (χ0n) is 11.8. The van der Waals surface area contributed by atoms with Crippen LogP contribution in [0.3, 0.4) is 0 Å². The van der Waals surface area contributed by atoms with Crippen molar-refractivity contribution < 1.29 is 14.7 Å². The van der Waals surface area contributed by atoms with Crippen LogP contribution in [0.2, 0.25) is 0 Å². The first-order valence-electron chi connectivity index (χ1n) is 7.94. The Balaban J connectivity index is 2.15. The van der Waals surface area contributed by atoms with Crippen LogP contribution in [0.4, 0.5) is 0 Å². The highest BCUT2D eigenvalue weighted by atomic mass is 16.4. The molecule has 2 aliphatic rings. The molecule has 3 heteroatoms. The average molecular weight is 266 g/mol. The van der Waals surface area contributed by atoms with Crippen LogP contribution in [0.25, 0.3) is 0 Å². The molecule has 0 amide bonds. The Bertz CT molecular complexity index is 337. The molecular weight excluding hydrogens is 240 g/mol. The summed E-state index contributed by atoms with van der Waals surface area (Å²) >= 11 is 0. The smallest absolute Gasteiger partial charge is 0.317 e. The molecule has 0 radical (unpaired) electrons. The van der Waals surface area contributed by atoms with Gasteiger partial charge in [0.25, 0.3) is 0 Å². The largest absolute Gasteiger partial charge is 0.480 e. The summed E-state index contributed by atoms with van der Waals surface area (Å²) in [6.45, 7) is 0. The Hall–Kier alpha value is -0.860. The van der Waals surface area contributed by atoms with Gasteiger partial charge in [-0.1, -0.05) is 51.4 Å². The molecule has 0 unspecified atom stereocenters. The molecule has 0 aromatic rings. The van der Waals surface area contributed by atoms with Gasteiger partial charge in [-0.05, 0) is 25.7 Å². The van der Waals surface area contributed by atoms with E-state index in [0.29, 0.717) is 12.8 Å². The second-order valence-electron chi connectivity index (χ2n) is 6.35. The molecule has 2 aliphatic carbocycles. The molecule has 2 fully saturated rings.